The van der Waals surface area contributed by atoms with E-state index in [1.54, 1.807) is 19.3 Å². The Morgan fingerprint density at radius 2 is 1.90 bits per heavy atom. The first-order valence-electron chi connectivity index (χ1n) is 9.75. The lowest BCUT2D eigenvalue weighted by Gasteiger charge is -2.19. The van der Waals surface area contributed by atoms with Crippen molar-refractivity contribution in [3.8, 4) is 5.75 Å². The van der Waals surface area contributed by atoms with E-state index in [1.807, 2.05) is 18.2 Å². The lowest BCUT2D eigenvalue weighted by molar-refractivity contribution is 0.146. The van der Waals surface area contributed by atoms with Gasteiger partial charge in [0.15, 0.2) is 11.6 Å². The molecule has 1 aliphatic carbocycles. The van der Waals surface area contributed by atoms with Crippen molar-refractivity contribution in [2.24, 2.45) is 0 Å². The van der Waals surface area contributed by atoms with Crippen LogP contribution < -0.4 is 10.1 Å². The molecule has 1 saturated carbocycles. The first-order chi connectivity index (χ1) is 14.5. The Kier molecular flexibility index (Phi) is 5.83. The largest absolute Gasteiger partial charge is 0.482 e. The summed E-state index contributed by atoms with van der Waals surface area (Å²) in [5.74, 6) is 0.876. The molecule has 2 aromatic heterocycles. The van der Waals surface area contributed by atoms with E-state index in [9.17, 15) is 13.2 Å². The van der Waals surface area contributed by atoms with E-state index >= 15 is 0 Å². The summed E-state index contributed by atoms with van der Waals surface area (Å²) in [6.45, 7) is 1.90. The molecule has 8 heteroatoms. The Labute approximate surface area is 172 Å². The van der Waals surface area contributed by atoms with Crippen LogP contribution in [0.15, 0.2) is 48.8 Å². The van der Waals surface area contributed by atoms with Crippen LogP contribution in [0.25, 0.3) is 0 Å². The molecular formula is C22H21F3N4O. The predicted molar refractivity (Wildman–Crippen MR) is 106 cm³/mol. The molecule has 0 amide bonds. The molecular weight excluding hydrogens is 393 g/mol. The standard InChI is InChI=1S/C22H21F3N4O/c1-13(16-6-4-7-17(19(16)23)20(24)25)28-22-18(11-27-21(29-22)14-8-9-14)30-12-15-5-2-3-10-26-15/h2-7,10-11,13-14,20H,8-9,12H2,1H3,(H,27,28,29)/t13-/m1/s1. The smallest absolute Gasteiger partial charge is 0.266 e. The van der Waals surface area contributed by atoms with Crippen LogP contribution in [0.5, 0.6) is 5.75 Å². The summed E-state index contributed by atoms with van der Waals surface area (Å²) >= 11 is 0. The van der Waals surface area contributed by atoms with Crippen molar-refractivity contribution in [3.63, 3.8) is 0 Å². The maximum Gasteiger partial charge on any atom is 0.266 e. The average Bonchev–Trinajstić information content (AvgIpc) is 3.59. The van der Waals surface area contributed by atoms with Gasteiger partial charge in [-0.15, -0.1) is 0 Å². The predicted octanol–water partition coefficient (Wildman–Crippen LogP) is 5.58. The number of aromatic nitrogens is 3. The molecule has 3 aromatic rings. The second-order valence-electron chi connectivity index (χ2n) is 7.24. The van der Waals surface area contributed by atoms with E-state index in [-0.39, 0.29) is 12.2 Å². The minimum atomic E-state index is -2.88. The van der Waals surface area contributed by atoms with Crippen molar-refractivity contribution < 1.29 is 17.9 Å². The fraction of sp³-hybridized carbons (Fsp3) is 0.318. The van der Waals surface area contributed by atoms with Crippen LogP contribution in [0.3, 0.4) is 0 Å². The molecule has 30 heavy (non-hydrogen) atoms. The number of benzene rings is 1. The van der Waals surface area contributed by atoms with Gasteiger partial charge in [0.2, 0.25) is 0 Å². The van der Waals surface area contributed by atoms with E-state index in [0.717, 1.165) is 24.6 Å². The van der Waals surface area contributed by atoms with Gasteiger partial charge in [-0.1, -0.05) is 24.3 Å². The van der Waals surface area contributed by atoms with Gasteiger partial charge in [0, 0.05) is 17.7 Å². The maximum absolute atomic E-state index is 14.6. The lowest BCUT2D eigenvalue weighted by atomic mass is 10.0. The first-order valence-corrected chi connectivity index (χ1v) is 9.75. The number of alkyl halides is 2. The zero-order valence-corrected chi connectivity index (χ0v) is 16.4. The summed E-state index contributed by atoms with van der Waals surface area (Å²) in [6, 6.07) is 8.89. The van der Waals surface area contributed by atoms with Gasteiger partial charge in [-0.2, -0.15) is 0 Å². The molecule has 0 unspecified atom stereocenters. The third kappa shape index (κ3) is 4.53. The van der Waals surface area contributed by atoms with Gasteiger partial charge in [-0.3, -0.25) is 4.98 Å². The zero-order chi connectivity index (χ0) is 21.1. The molecule has 2 heterocycles. The molecule has 1 aliphatic rings. The molecule has 5 nitrogen and oxygen atoms in total. The molecule has 156 valence electrons. The van der Waals surface area contributed by atoms with E-state index in [2.05, 4.69) is 20.3 Å². The van der Waals surface area contributed by atoms with Crippen molar-refractivity contribution in [2.75, 3.05) is 5.32 Å². The van der Waals surface area contributed by atoms with Gasteiger partial charge in [0.05, 0.1) is 23.5 Å². The summed E-state index contributed by atoms with van der Waals surface area (Å²) in [7, 11) is 0. The number of ether oxygens (including phenoxy) is 1. The fourth-order valence-electron chi connectivity index (χ4n) is 3.12. The molecule has 0 saturated heterocycles. The van der Waals surface area contributed by atoms with Crippen molar-refractivity contribution >= 4 is 5.82 Å². The van der Waals surface area contributed by atoms with Crippen molar-refractivity contribution in [3.05, 3.63) is 77.3 Å². The van der Waals surface area contributed by atoms with E-state index in [4.69, 9.17) is 4.74 Å². The van der Waals surface area contributed by atoms with E-state index in [0.29, 0.717) is 23.3 Å². The monoisotopic (exact) mass is 414 g/mol. The van der Waals surface area contributed by atoms with E-state index in [1.165, 1.54) is 12.1 Å². The number of rotatable bonds is 8. The third-order valence-corrected chi connectivity index (χ3v) is 4.93. The highest BCUT2D eigenvalue weighted by molar-refractivity contribution is 5.51. The molecule has 0 aliphatic heterocycles. The quantitative estimate of drug-likeness (QED) is 0.522. The number of nitrogens with zero attached hydrogens (tertiary/aromatic N) is 3. The maximum atomic E-state index is 14.6. The van der Waals surface area contributed by atoms with Crippen LogP contribution in [-0.4, -0.2) is 15.0 Å². The van der Waals surface area contributed by atoms with Gasteiger partial charge in [0.25, 0.3) is 6.43 Å². The van der Waals surface area contributed by atoms with Crippen LogP contribution in [-0.2, 0) is 6.61 Å². The number of hydrogen-bond acceptors (Lipinski definition) is 5. The van der Waals surface area contributed by atoms with Gasteiger partial charge in [-0.25, -0.2) is 23.1 Å². The summed E-state index contributed by atoms with van der Waals surface area (Å²) in [5.41, 5.74) is 0.252. The highest BCUT2D eigenvalue weighted by atomic mass is 19.3. The topological polar surface area (TPSA) is 59.9 Å². The van der Waals surface area contributed by atoms with Crippen molar-refractivity contribution in [2.45, 2.75) is 44.8 Å². The Morgan fingerprint density at radius 1 is 1.10 bits per heavy atom. The van der Waals surface area contributed by atoms with Crippen LogP contribution in [0, 0.1) is 5.82 Å². The molecule has 1 aromatic carbocycles. The molecule has 4 rings (SSSR count). The molecule has 0 bridgehead atoms. The molecule has 1 fully saturated rings. The highest BCUT2D eigenvalue weighted by Gasteiger charge is 2.28. The fourth-order valence-corrected chi connectivity index (χ4v) is 3.12. The van der Waals surface area contributed by atoms with Crippen LogP contribution in [0.4, 0.5) is 19.0 Å². The first kappa shape index (κ1) is 20.1. The van der Waals surface area contributed by atoms with Gasteiger partial charge >= 0.3 is 0 Å². The Morgan fingerprint density at radius 3 is 2.60 bits per heavy atom. The number of nitrogens with one attached hydrogen (secondary N) is 1. The average molecular weight is 414 g/mol. The van der Waals surface area contributed by atoms with Gasteiger partial charge < -0.3 is 10.1 Å². The molecule has 0 spiro atoms. The minimum absolute atomic E-state index is 0.134. The van der Waals surface area contributed by atoms with Crippen LogP contribution >= 0.6 is 0 Å². The summed E-state index contributed by atoms with van der Waals surface area (Å²) < 4.78 is 46.5. The number of anilines is 1. The van der Waals surface area contributed by atoms with Gasteiger partial charge in [-0.05, 0) is 31.9 Å². The van der Waals surface area contributed by atoms with Crippen LogP contribution in [0.2, 0.25) is 0 Å². The number of pyridine rings is 1. The molecule has 1 atom stereocenters. The van der Waals surface area contributed by atoms with Crippen molar-refractivity contribution in [1.29, 1.82) is 0 Å². The van der Waals surface area contributed by atoms with E-state index < -0.39 is 23.8 Å². The summed E-state index contributed by atoms with van der Waals surface area (Å²) in [5, 5.41) is 3.11. The summed E-state index contributed by atoms with van der Waals surface area (Å²) in [4.78, 5) is 13.2. The molecule has 1 N–H and O–H groups in total. The minimum Gasteiger partial charge on any atom is -0.482 e. The third-order valence-electron chi connectivity index (χ3n) is 4.93. The molecule has 0 radical (unpaired) electrons. The second-order valence-corrected chi connectivity index (χ2v) is 7.24. The van der Waals surface area contributed by atoms with Gasteiger partial charge in [0.1, 0.15) is 18.2 Å². The van der Waals surface area contributed by atoms with Crippen molar-refractivity contribution in [1.82, 2.24) is 15.0 Å². The summed E-state index contributed by atoms with van der Waals surface area (Å²) in [6.07, 6.45) is 2.42. The normalized spacial score (nSPS) is 14.6. The second kappa shape index (κ2) is 8.69. The number of halogens is 3. The SMILES string of the molecule is C[C@@H](Nc1nc(C2CC2)ncc1OCc1ccccn1)c1cccc(C(F)F)c1F. The Bertz CT molecular complexity index is 1010. The lowest BCUT2D eigenvalue weighted by Crippen LogP contribution is -2.13. The Balaban J connectivity index is 1.58. The zero-order valence-electron chi connectivity index (χ0n) is 16.4. The van der Waals surface area contributed by atoms with Crippen LogP contribution in [0.1, 0.15) is 60.8 Å². The number of hydrogen-bond donors (Lipinski definition) is 1. The Hall–Kier alpha value is -3.16. The highest BCUT2D eigenvalue weighted by Crippen LogP contribution is 2.40.